The number of hydrogen-bond donors (Lipinski definition) is 0. The van der Waals surface area contributed by atoms with Crippen LogP contribution in [0.3, 0.4) is 0 Å². The van der Waals surface area contributed by atoms with Crippen molar-refractivity contribution in [2.24, 2.45) is 11.8 Å². The fraction of sp³-hybridized carbons (Fsp3) is 0.846. The van der Waals surface area contributed by atoms with Crippen molar-refractivity contribution >= 4 is 12.3 Å². The molecule has 5 heteroatoms. The van der Waals surface area contributed by atoms with Gasteiger partial charge in [0.05, 0.1) is 12.5 Å². The summed E-state index contributed by atoms with van der Waals surface area (Å²) in [6, 6.07) is 0. The second kappa shape index (κ2) is 4.97. The Balaban J connectivity index is 1.62. The smallest absolute Gasteiger partial charge is 0.306 e. The molecular formula is C13H18O5. The van der Waals surface area contributed by atoms with Crippen LogP contribution in [-0.2, 0) is 23.8 Å². The van der Waals surface area contributed by atoms with Crippen molar-refractivity contribution in [3.05, 3.63) is 0 Å². The lowest BCUT2D eigenvalue weighted by molar-refractivity contribution is -0.195. The van der Waals surface area contributed by atoms with Gasteiger partial charge in [-0.2, -0.15) is 0 Å². The Bertz CT molecular complexity index is 336. The van der Waals surface area contributed by atoms with E-state index in [4.69, 9.17) is 14.2 Å². The van der Waals surface area contributed by atoms with E-state index in [9.17, 15) is 9.59 Å². The molecule has 0 aromatic rings. The van der Waals surface area contributed by atoms with Gasteiger partial charge in [-0.1, -0.05) is 0 Å². The van der Waals surface area contributed by atoms with E-state index < -0.39 is 0 Å². The first-order valence-corrected chi connectivity index (χ1v) is 6.70. The molecule has 0 N–H and O–H groups in total. The second-order valence-electron chi connectivity index (χ2n) is 5.32. The fourth-order valence-corrected chi connectivity index (χ4v) is 3.25. The summed E-state index contributed by atoms with van der Waals surface area (Å²) in [6.07, 6.45) is 4.46. The second-order valence-corrected chi connectivity index (χ2v) is 5.32. The molecule has 0 aromatic heterocycles. The van der Waals surface area contributed by atoms with E-state index in [1.807, 2.05) is 0 Å². The molecular weight excluding hydrogens is 236 g/mol. The first kappa shape index (κ1) is 12.1. The molecule has 5 atom stereocenters. The van der Waals surface area contributed by atoms with Crippen LogP contribution in [0.4, 0.5) is 0 Å². The van der Waals surface area contributed by atoms with Crippen LogP contribution in [0.25, 0.3) is 0 Å². The zero-order valence-corrected chi connectivity index (χ0v) is 10.2. The number of hydrogen-bond acceptors (Lipinski definition) is 5. The molecule has 5 nitrogen and oxygen atoms in total. The van der Waals surface area contributed by atoms with Crippen molar-refractivity contribution < 1.29 is 23.8 Å². The van der Waals surface area contributed by atoms with E-state index in [-0.39, 0.29) is 36.3 Å². The first-order valence-electron chi connectivity index (χ1n) is 6.70. The molecule has 0 bridgehead atoms. The van der Waals surface area contributed by atoms with E-state index in [0.717, 1.165) is 32.2 Å². The Morgan fingerprint density at radius 1 is 1.33 bits per heavy atom. The predicted octanol–water partition coefficient (Wildman–Crippen LogP) is 1.05. The van der Waals surface area contributed by atoms with Gasteiger partial charge in [-0.25, -0.2) is 0 Å². The third kappa shape index (κ3) is 2.17. The molecule has 1 aliphatic carbocycles. The van der Waals surface area contributed by atoms with Gasteiger partial charge in [0, 0.05) is 24.9 Å². The molecule has 0 amide bonds. The standard InChI is InChI=1S/C13H18O5/c14-7-9-8-5-12(15)17-10(8)6-11(9)18-13-3-1-2-4-16-13/h7-11,13H,1-6H2. The molecule has 0 radical (unpaired) electrons. The summed E-state index contributed by atoms with van der Waals surface area (Å²) in [7, 11) is 0. The largest absolute Gasteiger partial charge is 0.462 e. The minimum atomic E-state index is -0.230. The average molecular weight is 254 g/mol. The average Bonchev–Trinajstić information content (AvgIpc) is 2.85. The maximum atomic E-state index is 11.2. The van der Waals surface area contributed by atoms with Gasteiger partial charge in [0.1, 0.15) is 12.4 Å². The van der Waals surface area contributed by atoms with Crippen molar-refractivity contribution in [1.82, 2.24) is 0 Å². The molecule has 2 aliphatic heterocycles. The van der Waals surface area contributed by atoms with Gasteiger partial charge in [-0.05, 0) is 19.3 Å². The topological polar surface area (TPSA) is 61.8 Å². The maximum Gasteiger partial charge on any atom is 0.306 e. The number of aldehydes is 1. The Morgan fingerprint density at radius 2 is 2.22 bits per heavy atom. The van der Waals surface area contributed by atoms with Crippen LogP contribution in [0, 0.1) is 11.8 Å². The molecule has 0 aromatic carbocycles. The summed E-state index contributed by atoms with van der Waals surface area (Å²) in [5.74, 6) is -0.417. The van der Waals surface area contributed by atoms with E-state index in [0.29, 0.717) is 12.8 Å². The number of carbonyl (C=O) groups excluding carboxylic acids is 2. The van der Waals surface area contributed by atoms with Gasteiger partial charge in [-0.3, -0.25) is 4.79 Å². The molecule has 3 rings (SSSR count). The van der Waals surface area contributed by atoms with Gasteiger partial charge in [0.15, 0.2) is 6.29 Å². The summed E-state index contributed by atoms with van der Waals surface area (Å²) in [5, 5.41) is 0. The first-order chi connectivity index (χ1) is 8.78. The molecule has 3 aliphatic rings. The van der Waals surface area contributed by atoms with Gasteiger partial charge in [0.2, 0.25) is 0 Å². The molecule has 2 heterocycles. The lowest BCUT2D eigenvalue weighted by Gasteiger charge is -2.27. The zero-order chi connectivity index (χ0) is 12.5. The predicted molar refractivity (Wildman–Crippen MR) is 60.6 cm³/mol. The van der Waals surface area contributed by atoms with E-state index >= 15 is 0 Å². The maximum absolute atomic E-state index is 11.2. The third-order valence-corrected chi connectivity index (χ3v) is 4.17. The lowest BCUT2D eigenvalue weighted by Crippen LogP contribution is -2.32. The van der Waals surface area contributed by atoms with Gasteiger partial charge in [-0.15, -0.1) is 0 Å². The molecule has 2 saturated heterocycles. The number of esters is 1. The summed E-state index contributed by atoms with van der Waals surface area (Å²) in [6.45, 7) is 0.727. The quantitative estimate of drug-likeness (QED) is 0.556. The fourth-order valence-electron chi connectivity index (χ4n) is 3.25. The molecule has 100 valence electrons. The van der Waals surface area contributed by atoms with Crippen LogP contribution in [0.15, 0.2) is 0 Å². The van der Waals surface area contributed by atoms with Crippen molar-refractivity contribution in [2.75, 3.05) is 6.61 Å². The Hall–Kier alpha value is -0.940. The van der Waals surface area contributed by atoms with Crippen LogP contribution in [0.5, 0.6) is 0 Å². The van der Waals surface area contributed by atoms with Crippen molar-refractivity contribution in [3.63, 3.8) is 0 Å². The number of fused-ring (bicyclic) bond motifs is 1. The third-order valence-electron chi connectivity index (χ3n) is 4.17. The highest BCUT2D eigenvalue weighted by molar-refractivity contribution is 5.74. The Morgan fingerprint density at radius 3 is 2.94 bits per heavy atom. The van der Waals surface area contributed by atoms with Gasteiger partial charge < -0.3 is 19.0 Å². The van der Waals surface area contributed by atoms with Gasteiger partial charge in [0.25, 0.3) is 0 Å². The Kier molecular flexibility index (Phi) is 3.35. The minimum absolute atomic E-state index is 0.00332. The van der Waals surface area contributed by atoms with Gasteiger partial charge >= 0.3 is 5.97 Å². The summed E-state index contributed by atoms with van der Waals surface area (Å²) in [5.41, 5.74) is 0. The number of ether oxygens (including phenoxy) is 3. The van der Waals surface area contributed by atoms with Crippen LogP contribution >= 0.6 is 0 Å². The van der Waals surface area contributed by atoms with E-state index in [2.05, 4.69) is 0 Å². The van der Waals surface area contributed by atoms with Crippen molar-refractivity contribution in [1.29, 1.82) is 0 Å². The van der Waals surface area contributed by atoms with Crippen LogP contribution in [-0.4, -0.2) is 37.4 Å². The molecule has 5 unspecified atom stereocenters. The minimum Gasteiger partial charge on any atom is -0.462 e. The van der Waals surface area contributed by atoms with Crippen molar-refractivity contribution in [3.8, 4) is 0 Å². The van der Waals surface area contributed by atoms with Crippen molar-refractivity contribution in [2.45, 2.75) is 50.6 Å². The van der Waals surface area contributed by atoms with Crippen LogP contribution < -0.4 is 0 Å². The lowest BCUT2D eigenvalue weighted by atomic mass is 9.93. The number of rotatable bonds is 3. The summed E-state index contributed by atoms with van der Waals surface area (Å²) < 4.78 is 16.6. The highest BCUT2D eigenvalue weighted by Gasteiger charge is 2.51. The monoisotopic (exact) mass is 254 g/mol. The molecule has 18 heavy (non-hydrogen) atoms. The highest BCUT2D eigenvalue weighted by atomic mass is 16.7. The molecule has 0 spiro atoms. The van der Waals surface area contributed by atoms with Crippen LogP contribution in [0.2, 0.25) is 0 Å². The van der Waals surface area contributed by atoms with Crippen LogP contribution in [0.1, 0.15) is 32.1 Å². The molecule has 3 fully saturated rings. The summed E-state index contributed by atoms with van der Waals surface area (Å²) in [4.78, 5) is 22.4. The summed E-state index contributed by atoms with van der Waals surface area (Å²) >= 11 is 0. The molecule has 1 saturated carbocycles. The SMILES string of the molecule is O=CC1C(OC2CCCCO2)CC2OC(=O)CC21. The Labute approximate surface area is 106 Å². The van der Waals surface area contributed by atoms with E-state index in [1.54, 1.807) is 0 Å². The highest BCUT2D eigenvalue weighted by Crippen LogP contribution is 2.42. The number of carbonyl (C=O) groups is 2. The zero-order valence-electron chi connectivity index (χ0n) is 10.2. The normalized spacial score (nSPS) is 43.6. The van der Waals surface area contributed by atoms with E-state index in [1.165, 1.54) is 0 Å².